The monoisotopic (exact) mass is 708 g/mol. The van der Waals surface area contributed by atoms with Crippen LogP contribution in [0.5, 0.6) is 0 Å². The number of carbonyl (C=O) groups is 4. The van der Waals surface area contributed by atoms with E-state index in [9.17, 15) is 24.3 Å². The maximum atomic E-state index is 14.0. The summed E-state index contributed by atoms with van der Waals surface area (Å²) in [6, 6.07) is 0. The molecular weight excluding hydrogens is 638 g/mol. The first-order chi connectivity index (χ1) is 23.6. The zero-order chi connectivity index (χ0) is 37.5. The zero-order valence-corrected chi connectivity index (χ0v) is 33.7. The summed E-state index contributed by atoms with van der Waals surface area (Å²) in [6.07, 6.45) is 14.0. The Morgan fingerprint density at radius 1 is 0.882 bits per heavy atom. The molecular formula is C44H69NO6. The number of allylic oxidation sites excluding steroid dienone is 2. The molecule has 6 aliphatic carbocycles. The first-order valence-corrected chi connectivity index (χ1v) is 20.6. The normalized spacial score (nSPS) is 39.2. The van der Waals surface area contributed by atoms with Crippen molar-refractivity contribution in [2.75, 3.05) is 13.6 Å². The van der Waals surface area contributed by atoms with E-state index in [1.54, 1.807) is 13.8 Å². The van der Waals surface area contributed by atoms with E-state index in [4.69, 9.17) is 4.74 Å². The molecule has 2 unspecified atom stereocenters. The van der Waals surface area contributed by atoms with Crippen LogP contribution in [0.1, 0.15) is 159 Å². The average molecular weight is 708 g/mol. The lowest BCUT2D eigenvalue weighted by Gasteiger charge is -2.72. The number of hydrogen-bond donors (Lipinski definition) is 1. The van der Waals surface area contributed by atoms with Gasteiger partial charge in [-0.05, 0) is 130 Å². The Hall–Kier alpha value is -2.18. The SMILES string of the molecule is CC(C)C1=C2[C@H]3CCC4[C@@]5(C)CC[C@H](OC(=O)CC(C)(C)C(=O)O)C(C)(C)C5CC[C@@]4(C)[C@]3(C)CC[C@@]2(CCN(C)C(=O)C2CCCC2)CC1=O. The molecule has 1 amide bonds. The molecule has 0 aromatic carbocycles. The molecule has 6 aliphatic rings. The molecule has 286 valence electrons. The summed E-state index contributed by atoms with van der Waals surface area (Å²) in [5.41, 5.74) is 1.41. The van der Waals surface area contributed by atoms with Gasteiger partial charge in [-0.2, -0.15) is 0 Å². The van der Waals surface area contributed by atoms with Gasteiger partial charge in [0.15, 0.2) is 5.78 Å². The quantitative estimate of drug-likeness (QED) is 0.240. The smallest absolute Gasteiger partial charge is 0.309 e. The fraction of sp³-hybridized carbons (Fsp3) is 0.864. The number of ether oxygens (including phenoxy) is 1. The van der Waals surface area contributed by atoms with Crippen molar-refractivity contribution in [2.24, 2.45) is 62.1 Å². The van der Waals surface area contributed by atoms with E-state index in [1.165, 1.54) is 5.57 Å². The number of carboxylic acid groups (broad SMARTS) is 1. The summed E-state index contributed by atoms with van der Waals surface area (Å²) in [5, 5.41) is 9.61. The third-order valence-electron chi connectivity index (χ3n) is 17.0. The Labute approximate surface area is 308 Å². The second-order valence-corrected chi connectivity index (χ2v) is 20.7. The summed E-state index contributed by atoms with van der Waals surface area (Å²) in [6.45, 7) is 20.7. The highest BCUT2D eigenvalue weighted by Crippen LogP contribution is 2.77. The molecule has 0 bridgehead atoms. The van der Waals surface area contributed by atoms with Crippen molar-refractivity contribution in [1.29, 1.82) is 0 Å². The highest BCUT2D eigenvalue weighted by Gasteiger charge is 2.70. The highest BCUT2D eigenvalue weighted by atomic mass is 16.5. The van der Waals surface area contributed by atoms with Crippen molar-refractivity contribution in [3.8, 4) is 0 Å². The number of rotatable bonds is 9. The highest BCUT2D eigenvalue weighted by molar-refractivity contribution is 6.00. The number of fused-ring (bicyclic) bond motifs is 7. The molecule has 0 heterocycles. The Kier molecular flexibility index (Phi) is 9.82. The van der Waals surface area contributed by atoms with Crippen LogP contribution >= 0.6 is 0 Å². The van der Waals surface area contributed by atoms with Crippen molar-refractivity contribution in [2.45, 2.75) is 165 Å². The third-order valence-corrected chi connectivity index (χ3v) is 17.0. The number of hydrogen-bond acceptors (Lipinski definition) is 5. The largest absolute Gasteiger partial charge is 0.481 e. The molecule has 5 saturated carbocycles. The predicted octanol–water partition coefficient (Wildman–Crippen LogP) is 9.42. The first kappa shape index (κ1) is 38.5. The van der Waals surface area contributed by atoms with Gasteiger partial charge in [0.1, 0.15) is 6.10 Å². The van der Waals surface area contributed by atoms with Crippen LogP contribution < -0.4 is 0 Å². The number of aliphatic carboxylic acids is 1. The van der Waals surface area contributed by atoms with Gasteiger partial charge in [-0.25, -0.2) is 0 Å². The van der Waals surface area contributed by atoms with Gasteiger partial charge in [0.05, 0.1) is 11.8 Å². The molecule has 0 aromatic heterocycles. The maximum absolute atomic E-state index is 14.0. The van der Waals surface area contributed by atoms with Crippen molar-refractivity contribution >= 4 is 23.6 Å². The van der Waals surface area contributed by atoms with Crippen LogP contribution in [0.3, 0.4) is 0 Å². The molecule has 0 spiro atoms. The summed E-state index contributed by atoms with van der Waals surface area (Å²) >= 11 is 0. The third kappa shape index (κ3) is 5.96. The van der Waals surface area contributed by atoms with Crippen LogP contribution in [0, 0.1) is 62.1 Å². The molecule has 8 atom stereocenters. The molecule has 51 heavy (non-hydrogen) atoms. The number of carbonyl (C=O) groups excluding carboxylic acids is 3. The van der Waals surface area contributed by atoms with Gasteiger partial charge < -0.3 is 14.7 Å². The summed E-state index contributed by atoms with van der Waals surface area (Å²) in [4.78, 5) is 54.2. The number of Topliss-reactive ketones (excluding diaryl/α,β-unsaturated/α-hetero) is 1. The summed E-state index contributed by atoms with van der Waals surface area (Å²) < 4.78 is 6.17. The van der Waals surface area contributed by atoms with Crippen LogP contribution in [-0.4, -0.2) is 53.3 Å². The summed E-state index contributed by atoms with van der Waals surface area (Å²) in [5.74, 6) is 0.978. The molecule has 5 fully saturated rings. The Balaban J connectivity index is 1.26. The van der Waals surface area contributed by atoms with Crippen LogP contribution in [-0.2, 0) is 23.9 Å². The van der Waals surface area contributed by atoms with E-state index in [0.717, 1.165) is 95.6 Å². The van der Waals surface area contributed by atoms with Crippen molar-refractivity contribution in [3.05, 3.63) is 11.1 Å². The molecule has 6 rings (SSSR count). The Bertz CT molecular complexity index is 1470. The fourth-order valence-electron chi connectivity index (χ4n) is 13.9. The van der Waals surface area contributed by atoms with E-state index in [0.29, 0.717) is 35.9 Å². The standard InChI is InChI=1S/C44H69NO6/c1-27(2)35-30(46)25-44(23-24-45(10)37(48)28-13-11-12-14-28)22-21-42(8)29(36(35)44)15-16-32-41(7)19-18-33(51-34(47)26-39(3,4)38(49)50)40(5,6)31(41)17-20-43(32,42)9/h27-29,31-33H,11-26H2,1-10H3,(H,49,50)/t29-,31?,32?,33+,41+,42-,43-,44-/m1/s1. The lowest BCUT2D eigenvalue weighted by atomic mass is 9.33. The van der Waals surface area contributed by atoms with Crippen LogP contribution in [0.15, 0.2) is 11.1 Å². The number of carboxylic acids is 1. The summed E-state index contributed by atoms with van der Waals surface area (Å²) in [7, 11) is 1.99. The molecule has 0 radical (unpaired) electrons. The van der Waals surface area contributed by atoms with Crippen molar-refractivity contribution in [1.82, 2.24) is 4.90 Å². The van der Waals surface area contributed by atoms with Gasteiger partial charge in [0.2, 0.25) is 5.91 Å². The van der Waals surface area contributed by atoms with E-state index in [1.807, 2.05) is 11.9 Å². The van der Waals surface area contributed by atoms with Crippen molar-refractivity contribution in [3.63, 3.8) is 0 Å². The van der Waals surface area contributed by atoms with E-state index in [-0.39, 0.29) is 51.4 Å². The Morgan fingerprint density at radius 2 is 1.55 bits per heavy atom. The van der Waals surface area contributed by atoms with Gasteiger partial charge in [-0.3, -0.25) is 19.2 Å². The second kappa shape index (κ2) is 13.0. The molecule has 1 N–H and O–H groups in total. The second-order valence-electron chi connectivity index (χ2n) is 20.7. The molecule has 7 heteroatoms. The van der Waals surface area contributed by atoms with E-state index < -0.39 is 17.4 Å². The van der Waals surface area contributed by atoms with Crippen LogP contribution in [0.2, 0.25) is 0 Å². The average Bonchev–Trinajstić information content (AvgIpc) is 3.67. The number of esters is 1. The molecule has 0 aromatic rings. The van der Waals surface area contributed by atoms with Gasteiger partial charge >= 0.3 is 11.9 Å². The minimum atomic E-state index is -1.15. The minimum Gasteiger partial charge on any atom is -0.481 e. The van der Waals surface area contributed by atoms with Gasteiger partial charge in [0.25, 0.3) is 0 Å². The lowest BCUT2D eigenvalue weighted by Crippen LogP contribution is -2.65. The van der Waals surface area contributed by atoms with Crippen LogP contribution in [0.25, 0.3) is 0 Å². The van der Waals surface area contributed by atoms with Crippen molar-refractivity contribution < 1.29 is 29.0 Å². The lowest BCUT2D eigenvalue weighted by molar-refractivity contribution is -0.233. The number of nitrogens with zero attached hydrogens (tertiary/aromatic N) is 1. The predicted molar refractivity (Wildman–Crippen MR) is 200 cm³/mol. The number of amides is 1. The molecule has 7 nitrogen and oxygen atoms in total. The van der Waals surface area contributed by atoms with Gasteiger partial charge in [-0.15, -0.1) is 0 Å². The Morgan fingerprint density at radius 3 is 2.18 bits per heavy atom. The number of ketones is 1. The van der Waals surface area contributed by atoms with Crippen LogP contribution in [0.4, 0.5) is 0 Å². The first-order valence-electron chi connectivity index (χ1n) is 20.6. The molecule has 0 saturated heterocycles. The maximum Gasteiger partial charge on any atom is 0.309 e. The molecule has 0 aliphatic heterocycles. The van der Waals surface area contributed by atoms with Gasteiger partial charge in [0, 0.05) is 36.8 Å². The van der Waals surface area contributed by atoms with Gasteiger partial charge in [-0.1, -0.05) is 66.9 Å². The fourth-order valence-corrected chi connectivity index (χ4v) is 13.9. The van der Waals surface area contributed by atoms with E-state index >= 15 is 0 Å². The minimum absolute atomic E-state index is 0.0783. The van der Waals surface area contributed by atoms with E-state index in [2.05, 4.69) is 48.5 Å². The topological polar surface area (TPSA) is 101 Å². The zero-order valence-electron chi connectivity index (χ0n) is 33.7.